The quantitative estimate of drug-likeness (QED) is 0.586. The van der Waals surface area contributed by atoms with E-state index >= 15 is 0 Å². The fourth-order valence-electron chi connectivity index (χ4n) is 4.52. The summed E-state index contributed by atoms with van der Waals surface area (Å²) in [5, 5.41) is 4.22. The van der Waals surface area contributed by atoms with Gasteiger partial charge in [-0.3, -0.25) is 0 Å². The topological polar surface area (TPSA) is 70.3 Å². The van der Waals surface area contributed by atoms with Crippen LogP contribution in [0.4, 0.5) is 8.78 Å². The summed E-state index contributed by atoms with van der Waals surface area (Å²) in [6.07, 6.45) is 5.46. The number of rotatable bonds is 3. The van der Waals surface area contributed by atoms with E-state index in [4.69, 9.17) is 19.0 Å². The van der Waals surface area contributed by atoms with Gasteiger partial charge in [-0.15, -0.1) is 0 Å². The molecule has 1 fully saturated rings. The second-order valence-corrected chi connectivity index (χ2v) is 8.21. The molecule has 3 aliphatic heterocycles. The predicted molar refractivity (Wildman–Crippen MR) is 118 cm³/mol. The maximum Gasteiger partial charge on any atom is 0.275 e. The number of nitrogens with zero attached hydrogens (tertiary/aromatic N) is 4. The Labute approximate surface area is 193 Å². The molecule has 3 aromatic rings. The van der Waals surface area contributed by atoms with Crippen LogP contribution in [0.1, 0.15) is 16.8 Å². The molecule has 8 nitrogen and oxygen atoms in total. The SMILES string of the molecule is COc1cc(C=C2OCCN3C2=NOC32COc3c(F)cc(F)cc32)ccc1-n1cnc(C)c1. The normalized spacial score (nSPS) is 21.6. The molecule has 0 bridgehead atoms. The summed E-state index contributed by atoms with van der Waals surface area (Å²) in [5.74, 6) is 0.0626. The van der Waals surface area contributed by atoms with E-state index in [1.54, 1.807) is 13.4 Å². The van der Waals surface area contributed by atoms with E-state index in [1.165, 1.54) is 6.07 Å². The molecule has 0 radical (unpaired) electrons. The summed E-state index contributed by atoms with van der Waals surface area (Å²) in [4.78, 5) is 11.9. The molecule has 34 heavy (non-hydrogen) atoms. The number of halogens is 2. The second kappa shape index (κ2) is 7.47. The number of morpholine rings is 1. The molecule has 1 saturated heterocycles. The molecular weight excluding hydrogens is 446 g/mol. The van der Waals surface area contributed by atoms with Crippen molar-refractivity contribution in [3.05, 3.63) is 77.1 Å². The van der Waals surface area contributed by atoms with Crippen molar-refractivity contribution in [2.45, 2.75) is 12.6 Å². The molecule has 0 saturated carbocycles. The number of imidazole rings is 1. The fourth-order valence-corrected chi connectivity index (χ4v) is 4.52. The van der Waals surface area contributed by atoms with Crippen LogP contribution < -0.4 is 9.47 Å². The van der Waals surface area contributed by atoms with Crippen LogP contribution in [-0.4, -0.2) is 47.2 Å². The smallest absolute Gasteiger partial charge is 0.275 e. The lowest BCUT2D eigenvalue weighted by molar-refractivity contribution is -0.119. The number of hydrogen-bond acceptors (Lipinski definition) is 7. The van der Waals surface area contributed by atoms with Crippen LogP contribution in [-0.2, 0) is 15.3 Å². The standard InChI is InChI=1S/C24H20F2N4O4/c1-14-11-29(13-27-14)19-4-3-15(7-20(19)31-2)8-21-23-28-34-24(30(23)5-6-32-21)12-33-22-17(24)9-16(25)10-18(22)26/h3-4,7-11,13H,5-6,12H2,1-2H3. The summed E-state index contributed by atoms with van der Waals surface area (Å²) in [6, 6.07) is 7.75. The average Bonchev–Trinajstić information content (AvgIpc) is 3.53. The third-order valence-electron chi connectivity index (χ3n) is 6.10. The first kappa shape index (κ1) is 20.5. The first-order chi connectivity index (χ1) is 16.5. The summed E-state index contributed by atoms with van der Waals surface area (Å²) in [5.41, 5.74) is 1.59. The number of amidine groups is 1. The van der Waals surface area contributed by atoms with Crippen LogP contribution in [0.3, 0.4) is 0 Å². The molecular formula is C24H20F2N4O4. The van der Waals surface area contributed by atoms with E-state index in [1.807, 2.05) is 46.9 Å². The lowest BCUT2D eigenvalue weighted by Gasteiger charge is -2.36. The van der Waals surface area contributed by atoms with Gasteiger partial charge in [0.05, 0.1) is 36.9 Å². The van der Waals surface area contributed by atoms with Crippen molar-refractivity contribution in [1.29, 1.82) is 0 Å². The molecule has 1 aromatic heterocycles. The monoisotopic (exact) mass is 466 g/mol. The highest BCUT2D eigenvalue weighted by Crippen LogP contribution is 2.48. The molecule has 4 heterocycles. The number of ether oxygens (including phenoxy) is 3. The number of fused-ring (bicyclic) bond motifs is 4. The van der Waals surface area contributed by atoms with Crippen molar-refractivity contribution in [3.8, 4) is 17.2 Å². The summed E-state index contributed by atoms with van der Waals surface area (Å²) >= 11 is 0. The van der Waals surface area contributed by atoms with Crippen molar-refractivity contribution < 1.29 is 27.8 Å². The largest absolute Gasteiger partial charge is 0.495 e. The van der Waals surface area contributed by atoms with Crippen LogP contribution >= 0.6 is 0 Å². The Morgan fingerprint density at radius 2 is 2.06 bits per heavy atom. The van der Waals surface area contributed by atoms with Crippen molar-refractivity contribution in [2.24, 2.45) is 5.16 Å². The van der Waals surface area contributed by atoms with Gasteiger partial charge in [-0.2, -0.15) is 0 Å². The van der Waals surface area contributed by atoms with Gasteiger partial charge in [0, 0.05) is 12.3 Å². The Balaban J connectivity index is 1.34. The van der Waals surface area contributed by atoms with Gasteiger partial charge in [0.15, 0.2) is 23.9 Å². The highest BCUT2D eigenvalue weighted by molar-refractivity contribution is 6.01. The van der Waals surface area contributed by atoms with Crippen LogP contribution in [0.15, 0.2) is 53.8 Å². The highest BCUT2D eigenvalue weighted by atomic mass is 19.1. The molecule has 0 amide bonds. The van der Waals surface area contributed by atoms with Crippen molar-refractivity contribution >= 4 is 11.9 Å². The maximum absolute atomic E-state index is 14.3. The minimum absolute atomic E-state index is 0.0180. The number of methoxy groups -OCH3 is 1. The lowest BCUT2D eigenvalue weighted by atomic mass is 10.0. The average molecular weight is 466 g/mol. The van der Waals surface area contributed by atoms with Gasteiger partial charge in [0.2, 0.25) is 5.84 Å². The first-order valence-corrected chi connectivity index (χ1v) is 10.7. The zero-order valence-electron chi connectivity index (χ0n) is 18.4. The number of aromatic nitrogens is 2. The Bertz CT molecular complexity index is 1370. The minimum Gasteiger partial charge on any atom is -0.495 e. The number of aryl methyl sites for hydroxylation is 1. The summed E-state index contributed by atoms with van der Waals surface area (Å²) in [7, 11) is 1.60. The van der Waals surface area contributed by atoms with Crippen LogP contribution in [0.5, 0.6) is 11.5 Å². The van der Waals surface area contributed by atoms with Gasteiger partial charge in [-0.05, 0) is 36.8 Å². The van der Waals surface area contributed by atoms with E-state index in [9.17, 15) is 8.78 Å². The molecule has 1 spiro atoms. The van der Waals surface area contributed by atoms with Crippen LogP contribution in [0.2, 0.25) is 0 Å². The van der Waals surface area contributed by atoms with Crippen molar-refractivity contribution in [2.75, 3.05) is 26.9 Å². The highest BCUT2D eigenvalue weighted by Gasteiger charge is 2.56. The number of benzene rings is 2. The molecule has 174 valence electrons. The Hall–Kier alpha value is -4.08. The molecule has 2 aromatic carbocycles. The Morgan fingerprint density at radius 1 is 1.18 bits per heavy atom. The fraction of sp³-hybridized carbons (Fsp3) is 0.250. The minimum atomic E-state index is -1.24. The van der Waals surface area contributed by atoms with Crippen molar-refractivity contribution in [3.63, 3.8) is 0 Å². The third-order valence-corrected chi connectivity index (χ3v) is 6.10. The van der Waals surface area contributed by atoms with E-state index < -0.39 is 17.4 Å². The van der Waals surface area contributed by atoms with Gasteiger partial charge < -0.3 is 28.5 Å². The Kier molecular flexibility index (Phi) is 4.51. The van der Waals surface area contributed by atoms with Crippen molar-refractivity contribution in [1.82, 2.24) is 14.5 Å². The molecule has 10 heteroatoms. The van der Waals surface area contributed by atoms with Crippen LogP contribution in [0, 0.1) is 18.6 Å². The zero-order valence-corrected chi connectivity index (χ0v) is 18.4. The van der Waals surface area contributed by atoms with Gasteiger partial charge in [-0.25, -0.2) is 13.8 Å². The summed E-state index contributed by atoms with van der Waals surface area (Å²) in [6.45, 7) is 2.66. The molecule has 0 aliphatic carbocycles. The molecule has 1 atom stereocenters. The molecule has 0 N–H and O–H groups in total. The Morgan fingerprint density at radius 3 is 2.85 bits per heavy atom. The third kappa shape index (κ3) is 3.01. The number of hydrogen-bond donors (Lipinski definition) is 0. The molecule has 3 aliphatic rings. The molecule has 1 unspecified atom stereocenters. The molecule has 6 rings (SSSR count). The van der Waals surface area contributed by atoms with E-state index in [0.29, 0.717) is 30.5 Å². The van der Waals surface area contributed by atoms with Gasteiger partial charge in [-0.1, -0.05) is 11.2 Å². The predicted octanol–water partition coefficient (Wildman–Crippen LogP) is 3.73. The second-order valence-electron chi connectivity index (χ2n) is 8.21. The maximum atomic E-state index is 14.3. The first-order valence-electron chi connectivity index (χ1n) is 10.7. The zero-order chi connectivity index (χ0) is 23.4. The van der Waals surface area contributed by atoms with Gasteiger partial charge in [0.1, 0.15) is 18.2 Å². The summed E-state index contributed by atoms with van der Waals surface area (Å²) < 4.78 is 47.2. The van der Waals surface area contributed by atoms with E-state index in [2.05, 4.69) is 10.1 Å². The van der Waals surface area contributed by atoms with Gasteiger partial charge in [0.25, 0.3) is 5.72 Å². The van der Waals surface area contributed by atoms with Gasteiger partial charge >= 0.3 is 0 Å². The van der Waals surface area contributed by atoms with E-state index in [0.717, 1.165) is 23.0 Å². The number of oxime groups is 1. The lowest BCUT2D eigenvalue weighted by Crippen LogP contribution is -2.51. The van der Waals surface area contributed by atoms with E-state index in [-0.39, 0.29) is 17.9 Å². The van der Waals surface area contributed by atoms with Crippen LogP contribution in [0.25, 0.3) is 11.8 Å².